The first-order chi connectivity index (χ1) is 11.8. The van der Waals surface area contributed by atoms with E-state index in [1.807, 2.05) is 14.0 Å². The van der Waals surface area contributed by atoms with Gasteiger partial charge in [-0.1, -0.05) is 0 Å². The highest BCUT2D eigenvalue weighted by atomic mass is 16.5. The summed E-state index contributed by atoms with van der Waals surface area (Å²) < 4.78 is 12.8. The number of hydrogen-bond donors (Lipinski definition) is 1. The first kappa shape index (κ1) is 17.7. The summed E-state index contributed by atoms with van der Waals surface area (Å²) >= 11 is 0. The second-order valence-electron chi connectivity index (χ2n) is 7.12. The van der Waals surface area contributed by atoms with Crippen molar-refractivity contribution in [1.82, 2.24) is 14.8 Å². The van der Waals surface area contributed by atoms with Crippen molar-refractivity contribution >= 4 is 22.7 Å². The summed E-state index contributed by atoms with van der Waals surface area (Å²) in [6.07, 6.45) is 3.32. The van der Waals surface area contributed by atoms with Gasteiger partial charge in [0, 0.05) is 25.9 Å². The Labute approximate surface area is 147 Å². The van der Waals surface area contributed by atoms with E-state index in [4.69, 9.17) is 9.47 Å². The Balaban J connectivity index is 2.06. The smallest absolute Gasteiger partial charge is 0.341 e. The number of carbonyl (C=O) groups excluding carboxylic acids is 1. The number of nitrogens with zero attached hydrogens (tertiary/aromatic N) is 3. The molecule has 3 heterocycles. The Morgan fingerprint density at radius 2 is 2.28 bits per heavy atom. The van der Waals surface area contributed by atoms with Crippen molar-refractivity contribution in [3.63, 3.8) is 0 Å². The molecule has 0 saturated carbocycles. The van der Waals surface area contributed by atoms with Gasteiger partial charge in [0.05, 0.1) is 29.0 Å². The van der Waals surface area contributed by atoms with Crippen molar-refractivity contribution in [3.8, 4) is 0 Å². The van der Waals surface area contributed by atoms with Gasteiger partial charge in [-0.25, -0.2) is 9.78 Å². The quantitative estimate of drug-likeness (QED) is 0.858. The van der Waals surface area contributed by atoms with Gasteiger partial charge in [0.25, 0.3) is 0 Å². The van der Waals surface area contributed by atoms with Crippen LogP contribution in [0.4, 0.5) is 5.69 Å². The molecule has 1 saturated heterocycles. The van der Waals surface area contributed by atoms with Gasteiger partial charge in [-0.2, -0.15) is 5.10 Å². The summed E-state index contributed by atoms with van der Waals surface area (Å²) in [7, 11) is 1.85. The number of ether oxygens (including phenoxy) is 2. The third kappa shape index (κ3) is 3.46. The van der Waals surface area contributed by atoms with Crippen molar-refractivity contribution < 1.29 is 14.3 Å². The number of fused-ring (bicyclic) bond motifs is 1. The number of rotatable bonds is 4. The zero-order valence-corrected chi connectivity index (χ0v) is 15.5. The highest BCUT2D eigenvalue weighted by Crippen LogP contribution is 2.33. The fraction of sp³-hybridized carbons (Fsp3) is 0.611. The highest BCUT2D eigenvalue weighted by Gasteiger charge is 2.30. The predicted molar refractivity (Wildman–Crippen MR) is 95.9 cm³/mol. The van der Waals surface area contributed by atoms with Crippen LogP contribution in [-0.2, 0) is 16.5 Å². The zero-order chi connectivity index (χ0) is 18.2. The lowest BCUT2D eigenvalue weighted by Crippen LogP contribution is -2.40. The van der Waals surface area contributed by atoms with Crippen LogP contribution >= 0.6 is 0 Å². The highest BCUT2D eigenvalue weighted by molar-refractivity contribution is 6.05. The molecule has 0 unspecified atom stereocenters. The molecule has 1 aliphatic heterocycles. The molecule has 1 N–H and O–H groups in total. The van der Waals surface area contributed by atoms with Gasteiger partial charge >= 0.3 is 5.97 Å². The van der Waals surface area contributed by atoms with Gasteiger partial charge in [0.1, 0.15) is 5.56 Å². The fourth-order valence-corrected chi connectivity index (χ4v) is 3.48. The maximum atomic E-state index is 12.4. The van der Waals surface area contributed by atoms with Crippen LogP contribution in [0.1, 0.15) is 49.7 Å². The van der Waals surface area contributed by atoms with Gasteiger partial charge in [-0.15, -0.1) is 0 Å². The average Bonchev–Trinajstić information content (AvgIpc) is 2.82. The fourth-order valence-electron chi connectivity index (χ4n) is 3.48. The summed E-state index contributed by atoms with van der Waals surface area (Å²) in [5.41, 5.74) is 2.62. The minimum atomic E-state index is -0.367. The molecule has 0 radical (unpaired) electrons. The predicted octanol–water partition coefficient (Wildman–Crippen LogP) is 2.82. The number of anilines is 1. The lowest BCUT2D eigenvalue weighted by atomic mass is 9.93. The number of pyridine rings is 1. The number of nitrogens with one attached hydrogen (secondary N) is 1. The standard InChI is InChI=1S/C18H26N4O3/c1-6-24-17(23)13-10-19-16-14(11(2)21-22(16)5)15(13)20-12-7-8-25-18(3,4)9-12/h10,12H,6-9H2,1-5H3,(H,19,20)/t12-/m0/s1. The van der Waals surface area contributed by atoms with Crippen LogP contribution < -0.4 is 5.32 Å². The maximum absolute atomic E-state index is 12.4. The van der Waals surface area contributed by atoms with Crippen LogP contribution in [-0.4, -0.2) is 45.6 Å². The Morgan fingerprint density at radius 3 is 2.96 bits per heavy atom. The molecule has 2 aromatic heterocycles. The molecule has 1 atom stereocenters. The molecule has 1 aliphatic rings. The van der Waals surface area contributed by atoms with E-state index in [-0.39, 0.29) is 17.6 Å². The number of aromatic nitrogens is 3. The Morgan fingerprint density at radius 1 is 1.52 bits per heavy atom. The van der Waals surface area contributed by atoms with Gasteiger partial charge in [-0.05, 0) is 40.5 Å². The van der Waals surface area contributed by atoms with E-state index >= 15 is 0 Å². The molecule has 7 heteroatoms. The zero-order valence-electron chi connectivity index (χ0n) is 15.5. The third-order valence-electron chi connectivity index (χ3n) is 4.57. The van der Waals surface area contributed by atoms with Crippen molar-refractivity contribution in [2.45, 2.75) is 52.2 Å². The Hall–Kier alpha value is -2.15. The lowest BCUT2D eigenvalue weighted by Gasteiger charge is -2.36. The molecule has 25 heavy (non-hydrogen) atoms. The minimum absolute atomic E-state index is 0.184. The molecule has 0 aliphatic carbocycles. The summed E-state index contributed by atoms with van der Waals surface area (Å²) in [6.45, 7) is 8.92. The molecule has 0 bridgehead atoms. The summed E-state index contributed by atoms with van der Waals surface area (Å²) in [4.78, 5) is 16.9. The molecular weight excluding hydrogens is 320 g/mol. The second-order valence-corrected chi connectivity index (χ2v) is 7.12. The molecule has 136 valence electrons. The third-order valence-corrected chi connectivity index (χ3v) is 4.57. The van der Waals surface area contributed by atoms with Crippen LogP contribution in [0.5, 0.6) is 0 Å². The van der Waals surface area contributed by atoms with Crippen LogP contribution in [0.15, 0.2) is 6.20 Å². The van der Waals surface area contributed by atoms with Crippen molar-refractivity contribution in [1.29, 1.82) is 0 Å². The molecule has 3 rings (SSSR count). The topological polar surface area (TPSA) is 78.3 Å². The van der Waals surface area contributed by atoms with E-state index in [9.17, 15) is 4.79 Å². The van der Waals surface area contributed by atoms with Gasteiger partial charge in [-0.3, -0.25) is 4.68 Å². The van der Waals surface area contributed by atoms with E-state index in [0.29, 0.717) is 18.8 Å². The second kappa shape index (κ2) is 6.63. The lowest BCUT2D eigenvalue weighted by molar-refractivity contribution is -0.0553. The minimum Gasteiger partial charge on any atom is -0.462 e. The Bertz CT molecular complexity index is 797. The molecule has 0 amide bonds. The van der Waals surface area contributed by atoms with E-state index in [2.05, 4.69) is 29.2 Å². The number of hydrogen-bond acceptors (Lipinski definition) is 6. The monoisotopic (exact) mass is 346 g/mol. The maximum Gasteiger partial charge on any atom is 0.341 e. The molecule has 7 nitrogen and oxygen atoms in total. The molecular formula is C18H26N4O3. The number of aryl methyl sites for hydroxylation is 2. The average molecular weight is 346 g/mol. The Kier molecular flexibility index (Phi) is 4.69. The first-order valence-electron chi connectivity index (χ1n) is 8.72. The van der Waals surface area contributed by atoms with Crippen molar-refractivity contribution in [2.75, 3.05) is 18.5 Å². The van der Waals surface area contributed by atoms with Crippen LogP contribution in [0.25, 0.3) is 11.0 Å². The van der Waals surface area contributed by atoms with Crippen molar-refractivity contribution in [2.24, 2.45) is 7.05 Å². The number of carbonyl (C=O) groups is 1. The van der Waals surface area contributed by atoms with Crippen LogP contribution in [0, 0.1) is 6.92 Å². The number of esters is 1. The summed E-state index contributed by atoms with van der Waals surface area (Å²) in [5, 5.41) is 8.90. The van der Waals surface area contributed by atoms with Crippen LogP contribution in [0.2, 0.25) is 0 Å². The molecule has 0 aromatic carbocycles. The van der Waals surface area contributed by atoms with Gasteiger partial charge < -0.3 is 14.8 Å². The first-order valence-corrected chi connectivity index (χ1v) is 8.72. The largest absolute Gasteiger partial charge is 0.462 e. The van der Waals surface area contributed by atoms with E-state index in [1.165, 1.54) is 0 Å². The normalized spacial score (nSPS) is 19.8. The molecule has 0 spiro atoms. The van der Waals surface area contributed by atoms with Crippen molar-refractivity contribution in [3.05, 3.63) is 17.5 Å². The molecule has 1 fully saturated rings. The van der Waals surface area contributed by atoms with Crippen LogP contribution in [0.3, 0.4) is 0 Å². The summed E-state index contributed by atoms with van der Waals surface area (Å²) in [6, 6.07) is 0.210. The van der Waals surface area contributed by atoms with E-state index in [1.54, 1.807) is 17.8 Å². The SMILES string of the molecule is CCOC(=O)c1cnc2c(c(C)nn2C)c1N[C@H]1CCOC(C)(C)C1. The van der Waals surface area contributed by atoms with Gasteiger partial charge in [0.15, 0.2) is 5.65 Å². The molecule has 2 aromatic rings. The van der Waals surface area contributed by atoms with Gasteiger partial charge in [0.2, 0.25) is 0 Å². The summed E-state index contributed by atoms with van der Waals surface area (Å²) in [5.74, 6) is -0.367. The van der Waals surface area contributed by atoms with E-state index in [0.717, 1.165) is 35.3 Å². The van der Waals surface area contributed by atoms with E-state index < -0.39 is 0 Å².